The lowest BCUT2D eigenvalue weighted by Crippen LogP contribution is -2.50. The molecular formula is C19H26ClFN2O2. The average Bonchev–Trinajstić information content (AvgIpc) is 2.55. The summed E-state index contributed by atoms with van der Waals surface area (Å²) in [5, 5.41) is 0.331. The van der Waals surface area contributed by atoms with Gasteiger partial charge >= 0.3 is 0 Å². The number of rotatable bonds is 4. The fraction of sp³-hybridized carbons (Fsp3) is 0.579. The first-order valence-corrected chi connectivity index (χ1v) is 9.07. The Hall–Kier alpha value is -1.62. The smallest absolute Gasteiger partial charge is 0.257 e. The number of hydrogen-bond donors (Lipinski definition) is 0. The Balaban J connectivity index is 1.85. The van der Waals surface area contributed by atoms with E-state index in [4.69, 9.17) is 11.6 Å². The van der Waals surface area contributed by atoms with Crippen LogP contribution in [0.15, 0.2) is 18.2 Å². The standard InChI is InChI=1S/C19H26ClFN2O2/c1-19(2,3)8-4-5-17(24)22-9-11-23(12-10-22)18(25)15-13-14(20)6-7-16(15)21/h6-7,13H,4-5,8-12H2,1-3H3. The largest absolute Gasteiger partial charge is 0.339 e. The zero-order valence-electron chi connectivity index (χ0n) is 15.1. The molecule has 1 aliphatic rings. The van der Waals surface area contributed by atoms with Crippen molar-refractivity contribution < 1.29 is 14.0 Å². The summed E-state index contributed by atoms with van der Waals surface area (Å²) in [5.41, 5.74) is 0.212. The van der Waals surface area contributed by atoms with Crippen LogP contribution in [0.1, 0.15) is 50.4 Å². The van der Waals surface area contributed by atoms with Crippen LogP contribution in [-0.4, -0.2) is 47.8 Å². The van der Waals surface area contributed by atoms with Crippen molar-refractivity contribution in [3.05, 3.63) is 34.6 Å². The van der Waals surface area contributed by atoms with Gasteiger partial charge < -0.3 is 9.80 Å². The third kappa shape index (κ3) is 5.70. The summed E-state index contributed by atoms with van der Waals surface area (Å²) in [6.07, 6.45) is 2.41. The van der Waals surface area contributed by atoms with Crippen molar-refractivity contribution in [1.82, 2.24) is 9.80 Å². The van der Waals surface area contributed by atoms with Crippen LogP contribution >= 0.6 is 11.6 Å². The molecule has 0 saturated carbocycles. The Morgan fingerprint density at radius 3 is 2.32 bits per heavy atom. The molecule has 1 aliphatic heterocycles. The molecule has 0 aromatic heterocycles. The SMILES string of the molecule is CC(C)(C)CCCC(=O)N1CCN(C(=O)c2cc(Cl)ccc2F)CC1. The highest BCUT2D eigenvalue weighted by atomic mass is 35.5. The van der Waals surface area contributed by atoms with Crippen LogP contribution < -0.4 is 0 Å². The quantitative estimate of drug-likeness (QED) is 0.806. The maximum Gasteiger partial charge on any atom is 0.257 e. The predicted octanol–water partition coefficient (Wildman–Crippen LogP) is 3.98. The van der Waals surface area contributed by atoms with E-state index in [0.717, 1.165) is 12.8 Å². The summed E-state index contributed by atoms with van der Waals surface area (Å²) in [5.74, 6) is -0.819. The fourth-order valence-corrected chi connectivity index (χ4v) is 3.09. The van der Waals surface area contributed by atoms with Gasteiger partial charge in [0.15, 0.2) is 0 Å². The molecule has 1 aromatic rings. The first kappa shape index (κ1) is 19.7. The van der Waals surface area contributed by atoms with Gasteiger partial charge in [0.1, 0.15) is 5.82 Å². The first-order valence-electron chi connectivity index (χ1n) is 8.69. The lowest BCUT2D eigenvalue weighted by Gasteiger charge is -2.35. The maximum absolute atomic E-state index is 13.8. The normalized spacial score (nSPS) is 15.4. The topological polar surface area (TPSA) is 40.6 Å². The summed E-state index contributed by atoms with van der Waals surface area (Å²) in [7, 11) is 0. The lowest BCUT2D eigenvalue weighted by atomic mass is 9.90. The van der Waals surface area contributed by atoms with E-state index < -0.39 is 5.82 Å². The van der Waals surface area contributed by atoms with Gasteiger partial charge in [-0.15, -0.1) is 0 Å². The van der Waals surface area contributed by atoms with Crippen LogP contribution in [0.3, 0.4) is 0 Å². The molecular weight excluding hydrogens is 343 g/mol. The number of halogens is 2. The highest BCUT2D eigenvalue weighted by Gasteiger charge is 2.26. The Kier molecular flexibility index (Phi) is 6.44. The predicted molar refractivity (Wildman–Crippen MR) is 97.2 cm³/mol. The van der Waals surface area contributed by atoms with Crippen molar-refractivity contribution in [1.29, 1.82) is 0 Å². The minimum absolute atomic E-state index is 0.0162. The molecule has 0 bridgehead atoms. The van der Waals surface area contributed by atoms with E-state index in [1.54, 1.807) is 9.80 Å². The molecule has 0 radical (unpaired) electrons. The van der Waals surface area contributed by atoms with Crippen molar-refractivity contribution in [3.63, 3.8) is 0 Å². The van der Waals surface area contributed by atoms with Gasteiger partial charge in [0.25, 0.3) is 5.91 Å². The highest BCUT2D eigenvalue weighted by Crippen LogP contribution is 2.22. The number of carbonyl (C=O) groups is 2. The molecule has 0 atom stereocenters. The van der Waals surface area contributed by atoms with Gasteiger partial charge in [-0.1, -0.05) is 32.4 Å². The van der Waals surface area contributed by atoms with Crippen LogP contribution in [-0.2, 0) is 4.79 Å². The van der Waals surface area contributed by atoms with Gasteiger partial charge in [0.2, 0.25) is 5.91 Å². The molecule has 1 saturated heterocycles. The van der Waals surface area contributed by atoms with E-state index in [-0.39, 0.29) is 22.8 Å². The minimum Gasteiger partial charge on any atom is -0.339 e. The van der Waals surface area contributed by atoms with E-state index in [1.165, 1.54) is 18.2 Å². The van der Waals surface area contributed by atoms with E-state index in [2.05, 4.69) is 20.8 Å². The molecule has 0 spiro atoms. The highest BCUT2D eigenvalue weighted by molar-refractivity contribution is 6.31. The summed E-state index contributed by atoms with van der Waals surface area (Å²) in [6, 6.07) is 3.97. The van der Waals surface area contributed by atoms with E-state index in [9.17, 15) is 14.0 Å². The number of benzene rings is 1. The Bertz CT molecular complexity index is 635. The third-order valence-electron chi connectivity index (χ3n) is 4.40. The maximum atomic E-state index is 13.8. The second-order valence-corrected chi connectivity index (χ2v) is 8.15. The van der Waals surface area contributed by atoms with Gasteiger partial charge in [0.05, 0.1) is 5.56 Å². The third-order valence-corrected chi connectivity index (χ3v) is 4.63. The van der Waals surface area contributed by atoms with Gasteiger partial charge in [-0.05, 0) is 36.5 Å². The van der Waals surface area contributed by atoms with Crippen molar-refractivity contribution >= 4 is 23.4 Å². The molecule has 2 amide bonds. The molecule has 1 aromatic carbocycles. The van der Waals surface area contributed by atoms with Crippen molar-refractivity contribution in [3.8, 4) is 0 Å². The second-order valence-electron chi connectivity index (χ2n) is 7.71. The summed E-state index contributed by atoms with van der Waals surface area (Å²) in [6.45, 7) is 8.29. The number of nitrogens with zero attached hydrogens (tertiary/aromatic N) is 2. The molecule has 2 rings (SSSR count). The zero-order valence-corrected chi connectivity index (χ0v) is 15.9. The monoisotopic (exact) mass is 368 g/mol. The number of piperazine rings is 1. The molecule has 25 heavy (non-hydrogen) atoms. The minimum atomic E-state index is -0.574. The van der Waals surface area contributed by atoms with E-state index >= 15 is 0 Å². The molecule has 0 aliphatic carbocycles. The van der Waals surface area contributed by atoms with Crippen molar-refractivity contribution in [2.75, 3.05) is 26.2 Å². The average molecular weight is 369 g/mol. The fourth-order valence-electron chi connectivity index (χ4n) is 2.92. The summed E-state index contributed by atoms with van der Waals surface area (Å²) in [4.78, 5) is 28.1. The number of amides is 2. The molecule has 1 fully saturated rings. The summed E-state index contributed by atoms with van der Waals surface area (Å²) < 4.78 is 13.8. The van der Waals surface area contributed by atoms with Crippen LogP contribution in [0.5, 0.6) is 0 Å². The Labute approximate surface area is 153 Å². The van der Waals surface area contributed by atoms with Gasteiger partial charge in [-0.25, -0.2) is 4.39 Å². The molecule has 1 heterocycles. The number of carbonyl (C=O) groups excluding carboxylic acids is 2. The Morgan fingerprint density at radius 2 is 1.72 bits per heavy atom. The van der Waals surface area contributed by atoms with Crippen LogP contribution in [0, 0.1) is 11.2 Å². The van der Waals surface area contributed by atoms with Gasteiger partial charge in [0, 0.05) is 37.6 Å². The molecule has 4 nitrogen and oxygen atoms in total. The first-order chi connectivity index (χ1) is 11.7. The van der Waals surface area contributed by atoms with Crippen molar-refractivity contribution in [2.24, 2.45) is 5.41 Å². The van der Waals surface area contributed by atoms with Crippen LogP contribution in [0.25, 0.3) is 0 Å². The van der Waals surface area contributed by atoms with Gasteiger partial charge in [-0.3, -0.25) is 9.59 Å². The Morgan fingerprint density at radius 1 is 1.12 bits per heavy atom. The second kappa shape index (κ2) is 8.17. The number of hydrogen-bond acceptors (Lipinski definition) is 2. The van der Waals surface area contributed by atoms with E-state index in [1.807, 2.05) is 0 Å². The van der Waals surface area contributed by atoms with Gasteiger partial charge in [-0.2, -0.15) is 0 Å². The zero-order chi connectivity index (χ0) is 18.6. The van der Waals surface area contributed by atoms with Crippen LogP contribution in [0.4, 0.5) is 4.39 Å². The molecule has 138 valence electrons. The van der Waals surface area contributed by atoms with Crippen molar-refractivity contribution in [2.45, 2.75) is 40.0 Å². The lowest BCUT2D eigenvalue weighted by molar-refractivity contribution is -0.132. The van der Waals surface area contributed by atoms with E-state index in [0.29, 0.717) is 37.6 Å². The molecule has 0 unspecified atom stereocenters. The molecule has 0 N–H and O–H groups in total. The summed E-state index contributed by atoms with van der Waals surface area (Å²) >= 11 is 5.85. The molecule has 6 heteroatoms. The van der Waals surface area contributed by atoms with Crippen LogP contribution in [0.2, 0.25) is 5.02 Å².